The highest BCUT2D eigenvalue weighted by atomic mass is 19.1. The quantitative estimate of drug-likeness (QED) is 0.763. The molecule has 1 aromatic rings. The van der Waals surface area contributed by atoms with Crippen molar-refractivity contribution in [3.8, 4) is 0 Å². The Hall–Kier alpha value is -1.66. The van der Waals surface area contributed by atoms with Crippen molar-refractivity contribution < 1.29 is 24.1 Å². The van der Waals surface area contributed by atoms with Gasteiger partial charge in [0.1, 0.15) is 11.4 Å². The number of amides is 1. The highest BCUT2D eigenvalue weighted by Crippen LogP contribution is 2.43. The van der Waals surface area contributed by atoms with Crippen LogP contribution in [0.15, 0.2) is 18.2 Å². The first kappa shape index (κ1) is 17.2. The molecule has 0 aromatic heterocycles. The summed E-state index contributed by atoms with van der Waals surface area (Å²) in [5, 5.41) is 20.1. The number of rotatable bonds is 0. The standard InChI is InChI=1S/C18H24FNO4/c1-18(2,3)24-17(23)20-9-10-4-5-11(19)6-12(10)13-7-15(21)16(22)8-14(13)20/h4-6,13-16,21-22H,7-9H2,1-3H3/t13-,14-,15+,16-/m0/s1. The molecule has 0 saturated heterocycles. The number of carbonyl (C=O) groups excluding carboxylic acids is 1. The van der Waals surface area contributed by atoms with Crippen LogP contribution in [-0.4, -0.2) is 45.1 Å². The third-order valence-electron chi connectivity index (χ3n) is 4.76. The molecule has 2 N–H and O–H groups in total. The largest absolute Gasteiger partial charge is 0.444 e. The van der Waals surface area contributed by atoms with Gasteiger partial charge in [0.25, 0.3) is 0 Å². The minimum atomic E-state index is -0.897. The number of aliphatic hydroxyl groups excluding tert-OH is 2. The molecule has 6 heteroatoms. The highest BCUT2D eigenvalue weighted by molar-refractivity contribution is 5.69. The topological polar surface area (TPSA) is 70.0 Å². The molecule has 0 bridgehead atoms. The van der Waals surface area contributed by atoms with Crippen LogP contribution in [0.1, 0.15) is 50.7 Å². The zero-order valence-corrected chi connectivity index (χ0v) is 14.2. The van der Waals surface area contributed by atoms with E-state index in [1.807, 2.05) is 0 Å². The van der Waals surface area contributed by atoms with Crippen LogP contribution in [0.5, 0.6) is 0 Å². The van der Waals surface area contributed by atoms with Gasteiger partial charge in [-0.05, 0) is 56.9 Å². The van der Waals surface area contributed by atoms with E-state index in [1.165, 1.54) is 12.1 Å². The lowest BCUT2D eigenvalue weighted by molar-refractivity contribution is -0.0571. The third kappa shape index (κ3) is 3.26. The molecule has 0 unspecified atom stereocenters. The van der Waals surface area contributed by atoms with Crippen LogP contribution in [0.25, 0.3) is 0 Å². The third-order valence-corrected chi connectivity index (χ3v) is 4.76. The molecular formula is C18H24FNO4. The Morgan fingerprint density at radius 1 is 1.25 bits per heavy atom. The summed E-state index contributed by atoms with van der Waals surface area (Å²) in [7, 11) is 0. The first-order valence-electron chi connectivity index (χ1n) is 8.30. The summed E-state index contributed by atoms with van der Waals surface area (Å²) in [6, 6.07) is 4.22. The van der Waals surface area contributed by atoms with Gasteiger partial charge < -0.3 is 19.8 Å². The van der Waals surface area contributed by atoms with E-state index < -0.39 is 23.9 Å². The predicted octanol–water partition coefficient (Wildman–Crippen LogP) is 2.54. The van der Waals surface area contributed by atoms with Crippen LogP contribution in [0, 0.1) is 5.82 Å². The molecule has 1 aliphatic carbocycles. The van der Waals surface area contributed by atoms with Crippen molar-refractivity contribution in [2.45, 2.75) is 69.9 Å². The minimum absolute atomic E-state index is 0.213. The van der Waals surface area contributed by atoms with E-state index in [0.717, 1.165) is 11.1 Å². The minimum Gasteiger partial charge on any atom is -0.444 e. The molecule has 2 aliphatic rings. The van der Waals surface area contributed by atoms with Gasteiger partial charge in [-0.15, -0.1) is 0 Å². The highest BCUT2D eigenvalue weighted by Gasteiger charge is 2.45. The number of fused-ring (bicyclic) bond motifs is 3. The van der Waals surface area contributed by atoms with E-state index in [0.29, 0.717) is 13.0 Å². The van der Waals surface area contributed by atoms with Crippen molar-refractivity contribution >= 4 is 6.09 Å². The first-order valence-corrected chi connectivity index (χ1v) is 8.30. The van der Waals surface area contributed by atoms with Crippen molar-refractivity contribution in [2.24, 2.45) is 0 Å². The van der Waals surface area contributed by atoms with Gasteiger partial charge in [0, 0.05) is 18.5 Å². The van der Waals surface area contributed by atoms with Crippen molar-refractivity contribution in [3.63, 3.8) is 0 Å². The van der Waals surface area contributed by atoms with E-state index in [-0.39, 0.29) is 24.2 Å². The molecule has 1 aliphatic heterocycles. The molecule has 0 radical (unpaired) electrons. The summed E-state index contributed by atoms with van der Waals surface area (Å²) in [5.41, 5.74) is 1.04. The van der Waals surface area contributed by atoms with Crippen molar-refractivity contribution in [1.29, 1.82) is 0 Å². The van der Waals surface area contributed by atoms with Crippen LogP contribution in [-0.2, 0) is 11.3 Å². The fraction of sp³-hybridized carbons (Fsp3) is 0.611. The Labute approximate surface area is 141 Å². The number of hydrogen-bond donors (Lipinski definition) is 2. The van der Waals surface area contributed by atoms with E-state index >= 15 is 0 Å². The fourth-order valence-corrected chi connectivity index (χ4v) is 3.70. The first-order chi connectivity index (χ1) is 11.2. The van der Waals surface area contributed by atoms with Crippen molar-refractivity contribution in [2.75, 3.05) is 0 Å². The molecule has 0 spiro atoms. The average molecular weight is 337 g/mol. The Bertz CT molecular complexity index is 642. The molecule has 1 aromatic carbocycles. The summed E-state index contributed by atoms with van der Waals surface area (Å²) in [6.45, 7) is 5.72. The molecule has 1 fully saturated rings. The van der Waals surface area contributed by atoms with Gasteiger partial charge in [0.2, 0.25) is 0 Å². The predicted molar refractivity (Wildman–Crippen MR) is 86.0 cm³/mol. The summed E-state index contributed by atoms with van der Waals surface area (Å²) in [6.07, 6.45) is -1.67. The van der Waals surface area contributed by atoms with Gasteiger partial charge in [-0.1, -0.05) is 6.07 Å². The number of benzene rings is 1. The number of aliphatic hydroxyl groups is 2. The SMILES string of the molecule is CC(C)(C)OC(=O)N1Cc2ccc(F)cc2[C@@H]2C[C@@H](O)[C@@H](O)C[C@@H]21. The smallest absolute Gasteiger partial charge is 0.410 e. The van der Waals surface area contributed by atoms with Gasteiger partial charge >= 0.3 is 6.09 Å². The van der Waals surface area contributed by atoms with Crippen LogP contribution in [0.2, 0.25) is 0 Å². The van der Waals surface area contributed by atoms with E-state index in [4.69, 9.17) is 4.74 Å². The summed E-state index contributed by atoms with van der Waals surface area (Å²) in [5.74, 6) is -0.547. The maximum atomic E-state index is 13.7. The van der Waals surface area contributed by atoms with Crippen LogP contribution in [0.4, 0.5) is 9.18 Å². The maximum Gasteiger partial charge on any atom is 0.410 e. The zero-order valence-electron chi connectivity index (χ0n) is 14.2. The summed E-state index contributed by atoms with van der Waals surface area (Å²) in [4.78, 5) is 14.2. The Morgan fingerprint density at radius 2 is 1.92 bits per heavy atom. The Balaban J connectivity index is 1.96. The molecule has 5 nitrogen and oxygen atoms in total. The molecule has 1 saturated carbocycles. The van der Waals surface area contributed by atoms with Gasteiger partial charge in [0.15, 0.2) is 0 Å². The monoisotopic (exact) mass is 337 g/mol. The van der Waals surface area contributed by atoms with Gasteiger partial charge in [-0.25, -0.2) is 9.18 Å². The van der Waals surface area contributed by atoms with E-state index in [2.05, 4.69) is 0 Å². The van der Waals surface area contributed by atoms with E-state index in [1.54, 1.807) is 31.7 Å². The van der Waals surface area contributed by atoms with Crippen molar-refractivity contribution in [3.05, 3.63) is 35.1 Å². The molecule has 24 heavy (non-hydrogen) atoms. The second kappa shape index (κ2) is 6.01. The van der Waals surface area contributed by atoms with Crippen LogP contribution >= 0.6 is 0 Å². The van der Waals surface area contributed by atoms with Gasteiger partial charge in [-0.3, -0.25) is 0 Å². The molecular weight excluding hydrogens is 313 g/mol. The molecule has 3 rings (SSSR count). The lowest BCUT2D eigenvalue weighted by atomic mass is 9.73. The molecule has 132 valence electrons. The van der Waals surface area contributed by atoms with Crippen LogP contribution < -0.4 is 0 Å². The van der Waals surface area contributed by atoms with E-state index in [9.17, 15) is 19.4 Å². The van der Waals surface area contributed by atoms with Crippen molar-refractivity contribution in [1.82, 2.24) is 4.90 Å². The number of halogens is 1. The number of ether oxygens (including phenoxy) is 1. The lowest BCUT2D eigenvalue weighted by Gasteiger charge is -2.47. The fourth-order valence-electron chi connectivity index (χ4n) is 3.70. The average Bonchev–Trinajstić information content (AvgIpc) is 2.46. The number of carbonyl (C=O) groups is 1. The lowest BCUT2D eigenvalue weighted by Crippen LogP contribution is -2.54. The molecule has 1 heterocycles. The second-order valence-corrected chi connectivity index (χ2v) is 7.73. The van der Waals surface area contributed by atoms with Crippen LogP contribution in [0.3, 0.4) is 0 Å². The zero-order chi connectivity index (χ0) is 17.6. The Kier molecular flexibility index (Phi) is 4.30. The maximum absolute atomic E-state index is 13.7. The number of nitrogens with zero attached hydrogens (tertiary/aromatic N) is 1. The van der Waals surface area contributed by atoms with Gasteiger partial charge in [-0.2, -0.15) is 0 Å². The molecule has 4 atom stereocenters. The molecule has 1 amide bonds. The second-order valence-electron chi connectivity index (χ2n) is 7.73. The summed E-state index contributed by atoms with van der Waals surface area (Å²) >= 11 is 0. The Morgan fingerprint density at radius 3 is 2.58 bits per heavy atom. The van der Waals surface area contributed by atoms with Gasteiger partial charge in [0.05, 0.1) is 12.2 Å². The summed E-state index contributed by atoms with van der Waals surface area (Å²) < 4.78 is 19.2. The number of hydrogen-bond acceptors (Lipinski definition) is 4. The normalized spacial score (nSPS) is 29.7.